The van der Waals surface area contributed by atoms with Gasteiger partial charge in [-0.15, -0.1) is 0 Å². The molecule has 0 bridgehead atoms. The van der Waals surface area contributed by atoms with E-state index in [1.54, 1.807) is 0 Å². The van der Waals surface area contributed by atoms with Gasteiger partial charge >= 0.3 is 0 Å². The third-order valence-electron chi connectivity index (χ3n) is 11.7. The van der Waals surface area contributed by atoms with Crippen LogP contribution >= 0.6 is 0 Å². The minimum Gasteiger partial charge on any atom is -0.309 e. The molecule has 0 aliphatic rings. The maximum atomic E-state index is 4.60. The Labute approximate surface area is 328 Å². The van der Waals surface area contributed by atoms with Gasteiger partial charge in [-0.05, 0) is 82.9 Å². The van der Waals surface area contributed by atoms with Gasteiger partial charge in [-0.2, -0.15) is 0 Å². The van der Waals surface area contributed by atoms with Crippen LogP contribution in [0.5, 0.6) is 0 Å². The summed E-state index contributed by atoms with van der Waals surface area (Å²) in [4.78, 5) is 4.60. The molecule has 0 spiro atoms. The van der Waals surface area contributed by atoms with Gasteiger partial charge in [-0.3, -0.25) is 4.98 Å². The first-order valence-electron chi connectivity index (χ1n) is 19.5. The lowest BCUT2D eigenvalue weighted by atomic mass is 10.00. The summed E-state index contributed by atoms with van der Waals surface area (Å²) < 4.78 is 7.31. The van der Waals surface area contributed by atoms with E-state index in [0.717, 1.165) is 33.5 Å². The van der Waals surface area contributed by atoms with Crippen molar-refractivity contribution < 1.29 is 0 Å². The number of rotatable bonds is 5. The van der Waals surface area contributed by atoms with Crippen LogP contribution in [0.3, 0.4) is 0 Å². The van der Waals surface area contributed by atoms with E-state index < -0.39 is 0 Å². The summed E-state index contributed by atoms with van der Waals surface area (Å²) in [5.41, 5.74) is 15.2. The predicted octanol–water partition coefficient (Wildman–Crippen LogP) is 13.7. The molecule has 0 saturated heterocycles. The quantitative estimate of drug-likeness (QED) is 0.174. The van der Waals surface area contributed by atoms with Crippen molar-refractivity contribution >= 4 is 65.4 Å². The lowest BCUT2D eigenvalue weighted by molar-refractivity contribution is 1.15. The Bertz CT molecular complexity index is 3500. The SMILES string of the molecule is c1ccc(-c2ccc(-c3cccc(-n4c5ccccc5c5ccc6c7ccccc7n(-c7ccc8c(c7)c7cnccc7n8-c7ccccc7)c6c54)c3)cc2)cc1. The van der Waals surface area contributed by atoms with Crippen LogP contribution in [0.2, 0.25) is 0 Å². The monoisotopic (exact) mass is 726 g/mol. The molecule has 0 N–H and O–H groups in total. The van der Waals surface area contributed by atoms with Gasteiger partial charge in [-0.25, -0.2) is 0 Å². The van der Waals surface area contributed by atoms with Crippen LogP contribution in [0.15, 0.2) is 207 Å². The Kier molecular flexibility index (Phi) is 6.89. The van der Waals surface area contributed by atoms with E-state index in [1.807, 2.05) is 12.4 Å². The van der Waals surface area contributed by atoms with Crippen LogP contribution < -0.4 is 0 Å². The molecule has 0 atom stereocenters. The van der Waals surface area contributed by atoms with Crippen LogP contribution in [0.1, 0.15) is 0 Å². The van der Waals surface area contributed by atoms with Gasteiger partial charge in [0.05, 0.1) is 33.1 Å². The topological polar surface area (TPSA) is 27.7 Å². The van der Waals surface area contributed by atoms with Crippen molar-refractivity contribution in [1.82, 2.24) is 18.7 Å². The summed E-state index contributed by atoms with van der Waals surface area (Å²) in [6, 6.07) is 70.4. The van der Waals surface area contributed by atoms with Gasteiger partial charge in [0.25, 0.3) is 0 Å². The average molecular weight is 727 g/mol. The molecule has 0 aliphatic carbocycles. The molecule has 0 unspecified atom stereocenters. The number of benzene rings is 8. The molecule has 4 nitrogen and oxygen atoms in total. The van der Waals surface area contributed by atoms with Gasteiger partial charge < -0.3 is 13.7 Å². The summed E-state index contributed by atoms with van der Waals surface area (Å²) in [7, 11) is 0. The first kappa shape index (κ1) is 31.6. The summed E-state index contributed by atoms with van der Waals surface area (Å²) in [6.45, 7) is 0. The van der Waals surface area contributed by atoms with Crippen LogP contribution in [0.4, 0.5) is 0 Å². The first-order valence-corrected chi connectivity index (χ1v) is 19.5. The number of hydrogen-bond acceptors (Lipinski definition) is 1. The van der Waals surface area contributed by atoms with E-state index in [0.29, 0.717) is 0 Å². The fraction of sp³-hybridized carbons (Fsp3) is 0. The molecule has 0 saturated carbocycles. The molecule has 4 heteroatoms. The van der Waals surface area contributed by atoms with E-state index >= 15 is 0 Å². The minimum atomic E-state index is 1.11. The van der Waals surface area contributed by atoms with E-state index in [4.69, 9.17) is 0 Å². The van der Waals surface area contributed by atoms with Crippen LogP contribution in [0.25, 0.3) is 105 Å². The molecule has 12 aromatic rings. The highest BCUT2D eigenvalue weighted by Crippen LogP contribution is 2.43. The molecule has 12 rings (SSSR count). The van der Waals surface area contributed by atoms with Crippen molar-refractivity contribution in [3.05, 3.63) is 207 Å². The maximum Gasteiger partial charge on any atom is 0.0788 e. The van der Waals surface area contributed by atoms with Gasteiger partial charge in [-0.1, -0.05) is 133 Å². The lowest BCUT2D eigenvalue weighted by Crippen LogP contribution is -1.99. The van der Waals surface area contributed by atoms with E-state index in [2.05, 4.69) is 213 Å². The van der Waals surface area contributed by atoms with Gasteiger partial charge in [0, 0.05) is 61.8 Å². The van der Waals surface area contributed by atoms with Gasteiger partial charge in [0.1, 0.15) is 0 Å². The molecular weight excluding hydrogens is 693 g/mol. The Morgan fingerprint density at radius 1 is 0.281 bits per heavy atom. The fourth-order valence-corrected chi connectivity index (χ4v) is 9.20. The summed E-state index contributed by atoms with van der Waals surface area (Å²) in [5, 5.41) is 7.22. The van der Waals surface area contributed by atoms with Crippen LogP contribution in [-0.4, -0.2) is 18.7 Å². The Balaban J connectivity index is 1.13. The number of fused-ring (bicyclic) bond motifs is 10. The Morgan fingerprint density at radius 3 is 1.47 bits per heavy atom. The highest BCUT2D eigenvalue weighted by atomic mass is 15.0. The van der Waals surface area contributed by atoms with Crippen molar-refractivity contribution in [2.24, 2.45) is 0 Å². The zero-order chi connectivity index (χ0) is 37.5. The first-order chi connectivity index (χ1) is 28.3. The maximum absolute atomic E-state index is 4.60. The van der Waals surface area contributed by atoms with Crippen molar-refractivity contribution in [1.29, 1.82) is 0 Å². The summed E-state index contributed by atoms with van der Waals surface area (Å²) in [5.74, 6) is 0. The second-order valence-electron chi connectivity index (χ2n) is 14.8. The lowest BCUT2D eigenvalue weighted by Gasteiger charge is -2.14. The molecule has 8 aromatic carbocycles. The minimum absolute atomic E-state index is 1.11. The molecule has 266 valence electrons. The second-order valence-corrected chi connectivity index (χ2v) is 14.8. The Hall–Kier alpha value is -7.69. The molecule has 4 aromatic heterocycles. The summed E-state index contributed by atoms with van der Waals surface area (Å²) >= 11 is 0. The van der Waals surface area contributed by atoms with E-state index in [9.17, 15) is 0 Å². The van der Waals surface area contributed by atoms with Crippen LogP contribution in [-0.2, 0) is 0 Å². The molecule has 57 heavy (non-hydrogen) atoms. The zero-order valence-electron chi connectivity index (χ0n) is 30.9. The highest BCUT2D eigenvalue weighted by molar-refractivity contribution is 6.24. The number of aromatic nitrogens is 4. The number of para-hydroxylation sites is 3. The van der Waals surface area contributed by atoms with Gasteiger partial charge in [0.15, 0.2) is 0 Å². The smallest absolute Gasteiger partial charge is 0.0788 e. The zero-order valence-corrected chi connectivity index (χ0v) is 30.9. The number of nitrogens with zero attached hydrogens (tertiary/aromatic N) is 4. The molecule has 0 aliphatic heterocycles. The Morgan fingerprint density at radius 2 is 0.789 bits per heavy atom. The standard InChI is InChI=1S/C53H34N4/c1-3-12-35(13-4-1)36-22-24-37(25-23-36)38-14-11-17-40(32-38)56-48-20-9-7-18-42(48)44-27-28-45-43-19-8-10-21-49(43)57(53(45)52(44)56)41-26-29-50-46(33-41)47-34-54-31-30-51(47)55(50)39-15-5-2-6-16-39/h1-34H. The van der Waals surface area contributed by atoms with Crippen molar-refractivity contribution in [3.63, 3.8) is 0 Å². The molecule has 0 radical (unpaired) electrons. The molecule has 4 heterocycles. The average Bonchev–Trinajstić information content (AvgIpc) is 3.93. The third-order valence-corrected chi connectivity index (χ3v) is 11.7. The molecule has 0 fully saturated rings. The highest BCUT2D eigenvalue weighted by Gasteiger charge is 2.22. The molecule has 0 amide bonds. The normalized spacial score (nSPS) is 11.9. The third kappa shape index (κ3) is 4.77. The number of pyridine rings is 1. The summed E-state index contributed by atoms with van der Waals surface area (Å²) in [6.07, 6.45) is 3.89. The fourth-order valence-electron chi connectivity index (χ4n) is 9.20. The van der Waals surface area contributed by atoms with Crippen molar-refractivity contribution in [2.45, 2.75) is 0 Å². The van der Waals surface area contributed by atoms with Gasteiger partial charge in [0.2, 0.25) is 0 Å². The predicted molar refractivity (Wildman–Crippen MR) is 238 cm³/mol. The van der Waals surface area contributed by atoms with Crippen molar-refractivity contribution in [2.75, 3.05) is 0 Å². The molecular formula is C53H34N4. The van der Waals surface area contributed by atoms with E-state index in [1.165, 1.54) is 71.3 Å². The number of hydrogen-bond donors (Lipinski definition) is 0. The van der Waals surface area contributed by atoms with E-state index in [-0.39, 0.29) is 0 Å². The second kappa shape index (κ2) is 12.4. The van der Waals surface area contributed by atoms with Crippen LogP contribution in [0, 0.1) is 0 Å². The largest absolute Gasteiger partial charge is 0.309 e. The van der Waals surface area contributed by atoms with Crippen molar-refractivity contribution in [3.8, 4) is 39.3 Å².